The summed E-state index contributed by atoms with van der Waals surface area (Å²) in [6.45, 7) is 3.37. The van der Waals surface area contributed by atoms with Gasteiger partial charge in [0.15, 0.2) is 5.82 Å². The number of hydrogen-bond donors (Lipinski definition) is 2. The fourth-order valence-electron chi connectivity index (χ4n) is 2.45. The number of aliphatic hydroxyl groups is 1. The van der Waals surface area contributed by atoms with E-state index in [1.807, 2.05) is 43.3 Å². The van der Waals surface area contributed by atoms with Crippen LogP contribution >= 0.6 is 0 Å². The summed E-state index contributed by atoms with van der Waals surface area (Å²) in [5.41, 5.74) is 0.0859. The van der Waals surface area contributed by atoms with Gasteiger partial charge in [0.2, 0.25) is 5.60 Å². The minimum absolute atomic E-state index is 0.349. The first-order chi connectivity index (χ1) is 10.2. The summed E-state index contributed by atoms with van der Waals surface area (Å²) in [5.74, 6) is 0.868. The molecule has 0 bridgehead atoms. The van der Waals surface area contributed by atoms with Gasteiger partial charge in [-0.05, 0) is 25.0 Å². The molecule has 0 aliphatic carbocycles. The van der Waals surface area contributed by atoms with Gasteiger partial charge < -0.3 is 10.4 Å². The maximum Gasteiger partial charge on any atom is 0.207 e. The summed E-state index contributed by atoms with van der Waals surface area (Å²) in [6.07, 6.45) is 2.62. The number of amidine groups is 1. The van der Waals surface area contributed by atoms with Crippen LogP contribution in [0.5, 0.6) is 0 Å². The van der Waals surface area contributed by atoms with Crippen LogP contribution in [0.25, 0.3) is 0 Å². The van der Waals surface area contributed by atoms with Crippen LogP contribution in [0.15, 0.2) is 47.6 Å². The summed E-state index contributed by atoms with van der Waals surface area (Å²) < 4.78 is 0. The molecule has 1 aliphatic rings. The van der Waals surface area contributed by atoms with E-state index in [-0.39, 0.29) is 0 Å². The molecule has 0 saturated heterocycles. The van der Waals surface area contributed by atoms with Crippen molar-refractivity contribution >= 4 is 5.84 Å². The largest absolute Gasteiger partial charge is 0.371 e. The van der Waals surface area contributed by atoms with Gasteiger partial charge in [-0.15, -0.1) is 0 Å². The lowest BCUT2D eigenvalue weighted by atomic mass is 9.90. The summed E-state index contributed by atoms with van der Waals surface area (Å²) in [4.78, 5) is 13.2. The highest BCUT2D eigenvalue weighted by Gasteiger charge is 2.41. The highest BCUT2D eigenvalue weighted by atomic mass is 16.3. The molecule has 1 unspecified atom stereocenters. The topological polar surface area (TPSA) is 70.4 Å². The van der Waals surface area contributed by atoms with E-state index in [2.05, 4.69) is 20.3 Å². The van der Waals surface area contributed by atoms with Gasteiger partial charge in [0.25, 0.3) is 0 Å². The van der Waals surface area contributed by atoms with Crippen molar-refractivity contribution in [3.8, 4) is 0 Å². The predicted octanol–water partition coefficient (Wildman–Crippen LogP) is 1.41. The van der Waals surface area contributed by atoms with Crippen molar-refractivity contribution in [3.05, 3.63) is 59.7 Å². The van der Waals surface area contributed by atoms with Crippen molar-refractivity contribution in [2.24, 2.45) is 4.99 Å². The van der Waals surface area contributed by atoms with Crippen LogP contribution in [0, 0.1) is 6.92 Å². The van der Waals surface area contributed by atoms with Gasteiger partial charge in [-0.1, -0.05) is 30.3 Å². The lowest BCUT2D eigenvalue weighted by molar-refractivity contribution is 0.139. The fraction of sp³-hybridized carbons (Fsp3) is 0.312. The molecule has 108 valence electrons. The molecule has 5 nitrogen and oxygen atoms in total. The van der Waals surface area contributed by atoms with Crippen LogP contribution in [-0.4, -0.2) is 34.0 Å². The van der Waals surface area contributed by atoms with Gasteiger partial charge in [0.1, 0.15) is 5.84 Å². The number of nitrogens with zero attached hydrogens (tertiary/aromatic N) is 3. The molecule has 1 aromatic carbocycles. The Balaban J connectivity index is 2.17. The van der Waals surface area contributed by atoms with Gasteiger partial charge >= 0.3 is 0 Å². The van der Waals surface area contributed by atoms with Gasteiger partial charge in [0.05, 0.1) is 0 Å². The van der Waals surface area contributed by atoms with Crippen molar-refractivity contribution in [3.63, 3.8) is 0 Å². The third kappa shape index (κ3) is 2.52. The quantitative estimate of drug-likeness (QED) is 0.893. The Labute approximate surface area is 123 Å². The Hall–Kier alpha value is -2.27. The second-order valence-corrected chi connectivity index (χ2v) is 5.11. The molecular formula is C16H18N4O. The molecule has 1 atom stereocenters. The van der Waals surface area contributed by atoms with Crippen LogP contribution in [0.4, 0.5) is 0 Å². The maximum atomic E-state index is 11.4. The van der Waals surface area contributed by atoms with Gasteiger partial charge in [-0.2, -0.15) is 0 Å². The lowest BCUT2D eigenvalue weighted by Gasteiger charge is -2.31. The molecule has 2 heterocycles. The molecule has 2 N–H and O–H groups in total. The number of nitrogens with one attached hydrogen (secondary N) is 1. The zero-order valence-electron chi connectivity index (χ0n) is 12.0. The lowest BCUT2D eigenvalue weighted by Crippen LogP contribution is -2.48. The van der Waals surface area contributed by atoms with E-state index in [4.69, 9.17) is 0 Å². The van der Waals surface area contributed by atoms with Gasteiger partial charge in [0, 0.05) is 25.0 Å². The van der Waals surface area contributed by atoms with E-state index in [1.165, 1.54) is 0 Å². The molecule has 3 rings (SSSR count). The Bertz CT molecular complexity index is 656. The van der Waals surface area contributed by atoms with E-state index in [0.29, 0.717) is 23.8 Å². The molecule has 0 fully saturated rings. The Kier molecular flexibility index (Phi) is 3.66. The first kappa shape index (κ1) is 13.7. The van der Waals surface area contributed by atoms with Crippen LogP contribution in [0.3, 0.4) is 0 Å². The van der Waals surface area contributed by atoms with Crippen LogP contribution in [-0.2, 0) is 5.60 Å². The second-order valence-electron chi connectivity index (χ2n) is 5.11. The third-order valence-corrected chi connectivity index (χ3v) is 3.55. The summed E-state index contributed by atoms with van der Waals surface area (Å²) in [5, 5.41) is 14.6. The first-order valence-electron chi connectivity index (χ1n) is 7.08. The molecule has 0 radical (unpaired) electrons. The number of benzene rings is 1. The number of aromatic nitrogens is 2. The predicted molar refractivity (Wildman–Crippen MR) is 81.1 cm³/mol. The number of hydrogen-bond acceptors (Lipinski definition) is 5. The summed E-state index contributed by atoms with van der Waals surface area (Å²) >= 11 is 0. The molecule has 0 saturated carbocycles. The molecule has 1 aliphatic heterocycles. The molecule has 5 heteroatoms. The molecular weight excluding hydrogens is 264 g/mol. The zero-order valence-corrected chi connectivity index (χ0v) is 12.0. The van der Waals surface area contributed by atoms with Crippen LogP contribution in [0.1, 0.15) is 23.5 Å². The van der Waals surface area contributed by atoms with Crippen molar-refractivity contribution in [2.45, 2.75) is 18.9 Å². The minimum atomic E-state index is -1.44. The average Bonchev–Trinajstić information content (AvgIpc) is 2.56. The Morgan fingerprint density at radius 2 is 2.00 bits per heavy atom. The summed E-state index contributed by atoms with van der Waals surface area (Å²) in [6, 6.07) is 11.2. The SMILES string of the molecule is Cc1ccnc(C(O)(C2=NCCCN2)c2ccccc2)n1. The zero-order chi connectivity index (χ0) is 14.7. The number of aryl methyl sites for hydroxylation is 1. The van der Waals surface area contributed by atoms with Gasteiger partial charge in [-0.25, -0.2) is 9.97 Å². The molecule has 21 heavy (non-hydrogen) atoms. The molecule has 0 amide bonds. The van der Waals surface area contributed by atoms with E-state index in [1.54, 1.807) is 6.20 Å². The monoisotopic (exact) mass is 282 g/mol. The van der Waals surface area contributed by atoms with Gasteiger partial charge in [-0.3, -0.25) is 4.99 Å². The van der Waals surface area contributed by atoms with Crippen molar-refractivity contribution in [2.75, 3.05) is 13.1 Å². The minimum Gasteiger partial charge on any atom is -0.371 e. The van der Waals surface area contributed by atoms with E-state index in [9.17, 15) is 5.11 Å². The smallest absolute Gasteiger partial charge is 0.207 e. The van der Waals surface area contributed by atoms with E-state index in [0.717, 1.165) is 18.7 Å². The van der Waals surface area contributed by atoms with Crippen molar-refractivity contribution in [1.29, 1.82) is 0 Å². The molecule has 2 aromatic rings. The normalized spacial score (nSPS) is 17.5. The number of rotatable bonds is 3. The van der Waals surface area contributed by atoms with E-state index >= 15 is 0 Å². The maximum absolute atomic E-state index is 11.4. The summed E-state index contributed by atoms with van der Waals surface area (Å²) in [7, 11) is 0. The molecule has 1 aromatic heterocycles. The fourth-order valence-corrected chi connectivity index (χ4v) is 2.45. The highest BCUT2D eigenvalue weighted by molar-refractivity contribution is 5.94. The number of aliphatic imine (C=N–C) groups is 1. The Morgan fingerprint density at radius 3 is 2.67 bits per heavy atom. The van der Waals surface area contributed by atoms with Crippen molar-refractivity contribution < 1.29 is 5.11 Å². The standard InChI is InChI=1S/C16H18N4O/c1-12-8-11-19-15(20-12)16(21,13-6-3-2-4-7-13)14-17-9-5-10-18-14/h2-4,6-8,11,21H,5,9-10H2,1H3,(H,17,18). The second kappa shape index (κ2) is 5.61. The third-order valence-electron chi connectivity index (χ3n) is 3.55. The van der Waals surface area contributed by atoms with Crippen LogP contribution < -0.4 is 5.32 Å². The molecule has 0 spiro atoms. The highest BCUT2D eigenvalue weighted by Crippen LogP contribution is 2.28. The Morgan fingerprint density at radius 1 is 1.19 bits per heavy atom. The average molecular weight is 282 g/mol. The van der Waals surface area contributed by atoms with E-state index < -0.39 is 5.60 Å². The van der Waals surface area contributed by atoms with Crippen molar-refractivity contribution in [1.82, 2.24) is 15.3 Å². The first-order valence-corrected chi connectivity index (χ1v) is 7.08. The van der Waals surface area contributed by atoms with Crippen LogP contribution in [0.2, 0.25) is 0 Å².